The van der Waals surface area contributed by atoms with Crippen LogP contribution >= 0.6 is 23.2 Å². The van der Waals surface area contributed by atoms with Crippen molar-refractivity contribution in [2.45, 2.75) is 28.5 Å². The molecule has 8 nitrogen and oxygen atoms in total. The van der Waals surface area contributed by atoms with E-state index in [1.54, 1.807) is 36.4 Å². The molecule has 3 aromatic rings. The Morgan fingerprint density at radius 2 is 1.57 bits per heavy atom. The lowest BCUT2D eigenvalue weighted by atomic mass is 9.56. The molecule has 2 aliphatic heterocycles. The molecule has 2 heterocycles. The molecular weight excluding hydrogens is 634 g/mol. The number of aromatic hydroxyl groups is 1. The first-order valence-electron chi connectivity index (χ1n) is 14.7. The van der Waals surface area contributed by atoms with Crippen molar-refractivity contribution in [1.82, 2.24) is 0 Å². The molecule has 46 heavy (non-hydrogen) atoms. The molecule has 234 valence electrons. The van der Waals surface area contributed by atoms with Crippen molar-refractivity contribution in [2.24, 2.45) is 17.8 Å². The Hall–Kier alpha value is -4.47. The third kappa shape index (κ3) is 3.97. The Labute approximate surface area is 273 Å². The molecule has 2 aliphatic carbocycles. The van der Waals surface area contributed by atoms with Crippen LogP contribution in [0.25, 0.3) is 6.08 Å². The number of carbonyl (C=O) groups is 4. The first-order chi connectivity index (χ1) is 22.0. The number of methoxy groups -OCH3 is 1. The molecule has 0 aromatic heterocycles. The van der Waals surface area contributed by atoms with Gasteiger partial charge in [-0.25, -0.2) is 9.29 Å². The Bertz CT molecular complexity index is 1880. The van der Waals surface area contributed by atoms with Gasteiger partial charge in [0.15, 0.2) is 21.2 Å². The summed E-state index contributed by atoms with van der Waals surface area (Å²) in [6.45, 7) is 3.75. The number of carbonyl (C=O) groups excluding carboxylic acids is 4. The van der Waals surface area contributed by atoms with E-state index in [9.17, 15) is 28.7 Å². The van der Waals surface area contributed by atoms with Crippen LogP contribution in [-0.2, 0) is 19.2 Å². The molecule has 6 unspecified atom stereocenters. The fourth-order valence-corrected chi connectivity index (χ4v) is 8.61. The summed E-state index contributed by atoms with van der Waals surface area (Å²) in [7, 11) is 1.39. The lowest BCUT2D eigenvalue weighted by molar-refractivity contribution is -0.125. The number of benzene rings is 3. The predicted molar refractivity (Wildman–Crippen MR) is 170 cm³/mol. The van der Waals surface area contributed by atoms with Crippen LogP contribution in [0.3, 0.4) is 0 Å². The summed E-state index contributed by atoms with van der Waals surface area (Å²) in [5.74, 6) is -6.54. The maximum Gasteiger partial charge on any atom is 0.258 e. The van der Waals surface area contributed by atoms with Gasteiger partial charge in [-0.3, -0.25) is 24.1 Å². The lowest BCUT2D eigenvalue weighted by Gasteiger charge is -2.50. The highest BCUT2D eigenvalue weighted by Gasteiger charge is 2.76. The topological polar surface area (TPSA) is 104 Å². The third-order valence-electron chi connectivity index (χ3n) is 9.82. The quantitative estimate of drug-likeness (QED) is 0.206. The smallest absolute Gasteiger partial charge is 0.258 e. The van der Waals surface area contributed by atoms with Crippen molar-refractivity contribution in [3.63, 3.8) is 0 Å². The second-order valence-corrected chi connectivity index (χ2v) is 13.2. The highest BCUT2D eigenvalue weighted by atomic mass is 35.5. The van der Waals surface area contributed by atoms with Gasteiger partial charge in [0, 0.05) is 5.92 Å². The number of phenolic OH excluding ortho intramolecular Hbond substituents is 1. The van der Waals surface area contributed by atoms with Crippen LogP contribution in [0.4, 0.5) is 15.8 Å². The summed E-state index contributed by atoms with van der Waals surface area (Å²) in [6, 6.07) is 16.2. The SMILES string of the molecule is C=Cc1ccc(N2C(=O)C3CC=C4C(CC5(Cl)C(=O)N(c6ccc(F)cc6)C(=O)C5(Cl)C4c4ccc(OC)c(O)c4)C3C2=O)cc1. The first kappa shape index (κ1) is 30.2. The Morgan fingerprint density at radius 3 is 2.20 bits per heavy atom. The van der Waals surface area contributed by atoms with Gasteiger partial charge in [0.25, 0.3) is 11.8 Å². The monoisotopic (exact) mass is 660 g/mol. The highest BCUT2D eigenvalue weighted by Crippen LogP contribution is 2.66. The van der Waals surface area contributed by atoms with Crippen LogP contribution in [0.5, 0.6) is 11.5 Å². The number of alkyl halides is 2. The van der Waals surface area contributed by atoms with E-state index < -0.39 is 57.0 Å². The molecule has 4 aliphatic rings. The van der Waals surface area contributed by atoms with E-state index >= 15 is 0 Å². The van der Waals surface area contributed by atoms with Crippen LogP contribution < -0.4 is 14.5 Å². The number of rotatable bonds is 5. The number of fused-ring (bicyclic) bond motifs is 4. The van der Waals surface area contributed by atoms with Gasteiger partial charge in [-0.2, -0.15) is 0 Å². The molecule has 0 spiro atoms. The van der Waals surface area contributed by atoms with Gasteiger partial charge in [-0.1, -0.05) is 42.5 Å². The minimum absolute atomic E-state index is 0.0817. The Kier molecular flexibility index (Phi) is 6.92. The number of imide groups is 2. The summed E-state index contributed by atoms with van der Waals surface area (Å²) in [6.07, 6.45) is 3.44. The molecule has 3 aromatic carbocycles. The van der Waals surface area contributed by atoms with Crippen LogP contribution in [0.2, 0.25) is 0 Å². The van der Waals surface area contributed by atoms with E-state index in [0.717, 1.165) is 22.6 Å². The van der Waals surface area contributed by atoms with Crippen LogP contribution in [-0.4, -0.2) is 45.6 Å². The maximum absolute atomic E-state index is 14.4. The van der Waals surface area contributed by atoms with E-state index in [4.69, 9.17) is 27.9 Å². The Morgan fingerprint density at radius 1 is 0.913 bits per heavy atom. The molecule has 1 saturated carbocycles. The molecular formula is C35H27Cl2FN2O6. The number of phenols is 1. The zero-order valence-electron chi connectivity index (χ0n) is 24.5. The first-order valence-corrected chi connectivity index (χ1v) is 15.4. The average Bonchev–Trinajstić information content (AvgIpc) is 3.39. The summed E-state index contributed by atoms with van der Waals surface area (Å²) in [4.78, 5) is 54.5. The number of nitrogens with zero attached hydrogens (tertiary/aromatic N) is 2. The number of hydrogen-bond donors (Lipinski definition) is 1. The molecule has 1 N–H and O–H groups in total. The number of amides is 4. The van der Waals surface area contributed by atoms with Crippen LogP contribution in [0.1, 0.15) is 29.9 Å². The number of allylic oxidation sites excluding steroid dienone is 2. The lowest BCUT2D eigenvalue weighted by Crippen LogP contribution is -2.60. The fourth-order valence-electron chi connectivity index (χ4n) is 7.67. The highest BCUT2D eigenvalue weighted by molar-refractivity contribution is 6.58. The van der Waals surface area contributed by atoms with Gasteiger partial charge in [0.2, 0.25) is 11.8 Å². The van der Waals surface area contributed by atoms with Crippen molar-refractivity contribution in [2.75, 3.05) is 16.9 Å². The molecule has 7 rings (SSSR count). The van der Waals surface area contributed by atoms with Crippen LogP contribution in [0.15, 0.2) is 85.0 Å². The molecule has 6 atom stereocenters. The fraction of sp³-hybridized carbons (Fsp3) is 0.257. The van der Waals surface area contributed by atoms with E-state index in [1.165, 1.54) is 36.3 Å². The van der Waals surface area contributed by atoms with Gasteiger partial charge in [0.05, 0.1) is 30.3 Å². The zero-order valence-corrected chi connectivity index (χ0v) is 26.0. The third-order valence-corrected chi connectivity index (χ3v) is 11.2. The second-order valence-electron chi connectivity index (χ2n) is 12.0. The molecule has 3 fully saturated rings. The number of hydrogen-bond acceptors (Lipinski definition) is 6. The summed E-state index contributed by atoms with van der Waals surface area (Å²) in [5, 5.41) is 10.8. The van der Waals surface area contributed by atoms with Gasteiger partial charge >= 0.3 is 0 Å². The largest absolute Gasteiger partial charge is 0.504 e. The van der Waals surface area contributed by atoms with Crippen molar-refractivity contribution < 1.29 is 33.4 Å². The van der Waals surface area contributed by atoms with E-state index in [2.05, 4.69) is 6.58 Å². The minimum atomic E-state index is -2.11. The van der Waals surface area contributed by atoms with Gasteiger partial charge in [-0.05, 0) is 78.4 Å². The number of halogens is 3. The van der Waals surface area contributed by atoms with Gasteiger partial charge in [0.1, 0.15) is 5.82 Å². The molecule has 11 heteroatoms. The van der Waals surface area contributed by atoms with Gasteiger partial charge < -0.3 is 9.84 Å². The number of ether oxygens (including phenoxy) is 1. The molecule has 4 amide bonds. The molecule has 0 radical (unpaired) electrons. The van der Waals surface area contributed by atoms with Crippen molar-refractivity contribution in [3.05, 3.63) is 102 Å². The predicted octanol–water partition coefficient (Wildman–Crippen LogP) is 5.95. The van der Waals surface area contributed by atoms with E-state index in [-0.39, 0.29) is 35.9 Å². The van der Waals surface area contributed by atoms with Gasteiger partial charge in [-0.15, -0.1) is 23.2 Å². The van der Waals surface area contributed by atoms with Crippen molar-refractivity contribution >= 4 is 64.3 Å². The average molecular weight is 662 g/mol. The molecule has 0 bridgehead atoms. The molecule has 2 saturated heterocycles. The maximum atomic E-state index is 14.4. The van der Waals surface area contributed by atoms with E-state index in [1.807, 2.05) is 6.08 Å². The number of anilines is 2. The second kappa shape index (κ2) is 10.5. The van der Waals surface area contributed by atoms with E-state index in [0.29, 0.717) is 16.8 Å². The summed E-state index contributed by atoms with van der Waals surface area (Å²) < 4.78 is 19.1. The van der Waals surface area contributed by atoms with Crippen molar-refractivity contribution in [1.29, 1.82) is 0 Å². The summed E-state index contributed by atoms with van der Waals surface area (Å²) in [5.41, 5.74) is 2.25. The van der Waals surface area contributed by atoms with Crippen LogP contribution in [0, 0.1) is 23.6 Å². The standard InChI is InChI=1S/C35H27Cl2FN2O6/c1-3-18-4-9-21(10-5-18)39-30(42)24-14-13-23-25(28(24)31(39)43)17-34(36)32(44)40(22-11-7-20(38)8-12-22)33(45)35(34,37)29(23)19-6-15-27(46-2)26(41)16-19/h3-13,15-16,24-25,28-29,41H,1,14,17H2,2H3. The summed E-state index contributed by atoms with van der Waals surface area (Å²) >= 11 is 14.7. The normalized spacial score (nSPS) is 30.1. The minimum Gasteiger partial charge on any atom is -0.504 e. The Balaban J connectivity index is 1.39. The zero-order chi connectivity index (χ0) is 32.7. The van der Waals surface area contributed by atoms with Crippen molar-refractivity contribution in [3.8, 4) is 11.5 Å².